The number of hydrogen-bond donors (Lipinski definition) is 2. The Morgan fingerprint density at radius 3 is 2.51 bits per heavy atom. The smallest absolute Gasteiger partial charge is 0.259 e. The Bertz CT molecular complexity index is 1190. The predicted octanol–water partition coefficient (Wildman–Crippen LogP) is 4.70. The highest BCUT2D eigenvalue weighted by Crippen LogP contribution is 2.42. The number of carbonyl (C=O) groups is 3. The van der Waals surface area contributed by atoms with E-state index in [4.69, 9.17) is 0 Å². The second-order valence-corrected chi connectivity index (χ2v) is 10.4. The maximum Gasteiger partial charge on any atom is 0.259 e. The van der Waals surface area contributed by atoms with Gasteiger partial charge in [0.2, 0.25) is 11.8 Å². The van der Waals surface area contributed by atoms with Crippen LogP contribution in [0.25, 0.3) is 10.8 Å². The monoisotopic (exact) mass is 512 g/mol. The first-order valence-corrected chi connectivity index (χ1v) is 13.4. The van der Waals surface area contributed by atoms with E-state index in [2.05, 4.69) is 15.5 Å². The molecule has 198 valence electrons. The van der Waals surface area contributed by atoms with Crippen LogP contribution in [0.5, 0.6) is 0 Å². The van der Waals surface area contributed by atoms with Gasteiger partial charge in [-0.1, -0.05) is 31.4 Å². The third-order valence-corrected chi connectivity index (χ3v) is 7.80. The Balaban J connectivity index is 1.12. The molecule has 2 saturated heterocycles. The van der Waals surface area contributed by atoms with Gasteiger partial charge < -0.3 is 10.2 Å². The number of halogens is 2. The zero-order valence-electron chi connectivity index (χ0n) is 21.0. The van der Waals surface area contributed by atoms with Crippen molar-refractivity contribution in [1.82, 2.24) is 10.2 Å². The lowest BCUT2D eigenvalue weighted by atomic mass is 10.0. The van der Waals surface area contributed by atoms with Crippen molar-refractivity contribution in [2.75, 3.05) is 36.4 Å². The van der Waals surface area contributed by atoms with E-state index in [1.165, 1.54) is 0 Å². The van der Waals surface area contributed by atoms with Crippen molar-refractivity contribution >= 4 is 39.9 Å². The number of nitrogens with one attached hydrogen (secondary N) is 2. The molecule has 37 heavy (non-hydrogen) atoms. The van der Waals surface area contributed by atoms with Crippen molar-refractivity contribution in [2.45, 2.75) is 69.8 Å². The average Bonchev–Trinajstić information content (AvgIpc) is 3.16. The molecule has 7 nitrogen and oxygen atoms in total. The number of nitrogens with zero attached hydrogens (tertiary/aromatic N) is 2. The summed E-state index contributed by atoms with van der Waals surface area (Å²) in [7, 11) is 0. The van der Waals surface area contributed by atoms with E-state index in [-0.39, 0.29) is 31.1 Å². The number of benzene rings is 2. The molecule has 1 unspecified atom stereocenters. The Hall–Kier alpha value is -3.07. The van der Waals surface area contributed by atoms with Crippen LogP contribution in [0.4, 0.5) is 20.2 Å². The molecular formula is C28H34F2N4O3. The van der Waals surface area contributed by atoms with Gasteiger partial charge >= 0.3 is 0 Å². The molecule has 0 saturated carbocycles. The van der Waals surface area contributed by atoms with E-state index in [9.17, 15) is 23.2 Å². The minimum Gasteiger partial charge on any atom is -0.385 e. The maximum absolute atomic E-state index is 13.3. The van der Waals surface area contributed by atoms with Crippen molar-refractivity contribution in [3.05, 3.63) is 35.9 Å². The van der Waals surface area contributed by atoms with E-state index in [1.807, 2.05) is 24.3 Å². The van der Waals surface area contributed by atoms with E-state index < -0.39 is 17.9 Å². The van der Waals surface area contributed by atoms with Gasteiger partial charge in [0, 0.05) is 60.9 Å². The summed E-state index contributed by atoms with van der Waals surface area (Å²) in [4.78, 5) is 41.0. The summed E-state index contributed by atoms with van der Waals surface area (Å²) >= 11 is 0. The second-order valence-electron chi connectivity index (χ2n) is 10.4. The van der Waals surface area contributed by atoms with Crippen LogP contribution >= 0.6 is 0 Å². The SMILES string of the molecule is O=C1CCC(N2C(=O)c3cccc4c(NCCCCCCCN5CCC(F)(F)CC5)ccc2c34)C(=O)N1. The molecule has 3 aliphatic rings. The summed E-state index contributed by atoms with van der Waals surface area (Å²) < 4.78 is 26.5. The van der Waals surface area contributed by atoms with Crippen molar-refractivity contribution in [3.63, 3.8) is 0 Å². The number of rotatable bonds is 10. The van der Waals surface area contributed by atoms with Crippen LogP contribution in [0.2, 0.25) is 0 Å². The molecule has 3 amide bonds. The van der Waals surface area contributed by atoms with E-state index >= 15 is 0 Å². The molecule has 3 aliphatic heterocycles. The number of alkyl halides is 2. The van der Waals surface area contributed by atoms with Crippen molar-refractivity contribution in [3.8, 4) is 0 Å². The molecule has 3 heterocycles. The maximum atomic E-state index is 13.3. The summed E-state index contributed by atoms with van der Waals surface area (Å²) in [5, 5.41) is 7.66. The quantitative estimate of drug-likeness (QED) is 0.356. The predicted molar refractivity (Wildman–Crippen MR) is 139 cm³/mol. The molecule has 0 spiro atoms. The van der Waals surface area contributed by atoms with Gasteiger partial charge in [0.1, 0.15) is 6.04 Å². The van der Waals surface area contributed by atoms with Crippen LogP contribution < -0.4 is 15.5 Å². The number of hydrogen-bond acceptors (Lipinski definition) is 5. The van der Waals surface area contributed by atoms with Gasteiger partial charge in [-0.3, -0.25) is 24.6 Å². The second kappa shape index (κ2) is 10.7. The minimum absolute atomic E-state index is 0.0149. The Morgan fingerprint density at radius 2 is 1.73 bits per heavy atom. The van der Waals surface area contributed by atoms with Crippen LogP contribution in [0, 0.1) is 0 Å². The molecule has 0 radical (unpaired) electrons. The van der Waals surface area contributed by atoms with E-state index in [1.54, 1.807) is 11.0 Å². The number of amides is 3. The van der Waals surface area contributed by atoms with Gasteiger partial charge in [-0.15, -0.1) is 0 Å². The number of anilines is 2. The number of carbonyl (C=O) groups excluding carboxylic acids is 3. The van der Waals surface area contributed by atoms with Crippen LogP contribution in [0.3, 0.4) is 0 Å². The van der Waals surface area contributed by atoms with Gasteiger partial charge in [-0.05, 0) is 44.0 Å². The zero-order valence-corrected chi connectivity index (χ0v) is 21.0. The van der Waals surface area contributed by atoms with Gasteiger partial charge in [-0.2, -0.15) is 0 Å². The molecule has 0 bridgehead atoms. The number of imide groups is 1. The van der Waals surface area contributed by atoms with Crippen LogP contribution in [0.1, 0.15) is 68.1 Å². The van der Waals surface area contributed by atoms with E-state index in [0.29, 0.717) is 30.8 Å². The summed E-state index contributed by atoms with van der Waals surface area (Å²) in [6.45, 7) is 2.72. The molecule has 9 heteroatoms. The fourth-order valence-corrected chi connectivity index (χ4v) is 5.72. The lowest BCUT2D eigenvalue weighted by Crippen LogP contribution is -2.53. The third kappa shape index (κ3) is 5.46. The largest absolute Gasteiger partial charge is 0.385 e. The molecule has 2 fully saturated rings. The Morgan fingerprint density at radius 1 is 0.973 bits per heavy atom. The first kappa shape index (κ1) is 25.6. The molecule has 2 N–H and O–H groups in total. The van der Waals surface area contributed by atoms with Gasteiger partial charge in [-0.25, -0.2) is 8.78 Å². The molecule has 2 aromatic carbocycles. The fraction of sp³-hybridized carbons (Fsp3) is 0.536. The lowest BCUT2D eigenvalue weighted by Gasteiger charge is -2.31. The van der Waals surface area contributed by atoms with Crippen LogP contribution in [-0.4, -0.2) is 60.8 Å². The van der Waals surface area contributed by atoms with Crippen LogP contribution in [-0.2, 0) is 9.59 Å². The molecule has 1 atom stereocenters. The van der Waals surface area contributed by atoms with Crippen molar-refractivity contribution in [2.24, 2.45) is 0 Å². The molecule has 0 aromatic heterocycles. The van der Waals surface area contributed by atoms with Crippen molar-refractivity contribution in [1.29, 1.82) is 0 Å². The number of piperidine rings is 2. The summed E-state index contributed by atoms with van der Waals surface area (Å²) in [6.07, 6.45) is 5.88. The Labute approximate surface area is 215 Å². The highest BCUT2D eigenvalue weighted by atomic mass is 19.3. The summed E-state index contributed by atoms with van der Waals surface area (Å²) in [6, 6.07) is 8.81. The molecule has 0 aliphatic carbocycles. The van der Waals surface area contributed by atoms with Gasteiger partial charge in [0.05, 0.1) is 5.69 Å². The minimum atomic E-state index is -2.48. The zero-order chi connectivity index (χ0) is 26.0. The lowest BCUT2D eigenvalue weighted by molar-refractivity contribution is -0.134. The molecule has 5 rings (SSSR count). The summed E-state index contributed by atoms with van der Waals surface area (Å²) in [5.74, 6) is -3.41. The first-order chi connectivity index (χ1) is 17.8. The highest BCUT2D eigenvalue weighted by Gasteiger charge is 2.40. The fourth-order valence-electron chi connectivity index (χ4n) is 5.72. The van der Waals surface area contributed by atoms with Crippen LogP contribution in [0.15, 0.2) is 30.3 Å². The average molecular weight is 513 g/mol. The Kier molecular flexibility index (Phi) is 7.42. The van der Waals surface area contributed by atoms with Crippen molar-refractivity contribution < 1.29 is 23.2 Å². The number of likely N-dealkylation sites (tertiary alicyclic amines) is 1. The third-order valence-electron chi connectivity index (χ3n) is 7.80. The van der Waals surface area contributed by atoms with E-state index in [0.717, 1.165) is 61.7 Å². The topological polar surface area (TPSA) is 81.8 Å². The first-order valence-electron chi connectivity index (χ1n) is 13.4. The summed E-state index contributed by atoms with van der Waals surface area (Å²) in [5.41, 5.74) is 2.26. The normalized spacial score (nSPS) is 21.5. The highest BCUT2D eigenvalue weighted by molar-refractivity contribution is 6.28. The van der Waals surface area contributed by atoms with Gasteiger partial charge in [0.25, 0.3) is 11.8 Å². The molecule has 2 aromatic rings. The standard InChI is InChI=1S/C28H34F2N4O3/c29-28(30)13-17-33(18-14-28)16-5-3-1-2-4-15-31-21-9-10-22-25-19(21)7-6-8-20(25)27(37)34(22)23-11-12-24(35)32-26(23)36/h6-10,23,31H,1-5,11-18H2,(H,32,35,36). The molecular weight excluding hydrogens is 478 g/mol. The van der Waals surface area contributed by atoms with Gasteiger partial charge in [0.15, 0.2) is 0 Å². The number of unbranched alkanes of at least 4 members (excludes halogenated alkanes) is 4.